The first-order valence-electron chi connectivity index (χ1n) is 7.62. The summed E-state index contributed by atoms with van der Waals surface area (Å²) >= 11 is 0. The quantitative estimate of drug-likeness (QED) is 0.787. The molecule has 0 radical (unpaired) electrons. The lowest BCUT2D eigenvalue weighted by Gasteiger charge is -2.35. The van der Waals surface area contributed by atoms with E-state index in [4.69, 9.17) is 0 Å². The number of amides is 1. The standard InChI is InChI=1S/C16H23N3O/c1-18-11-2-6-16(18)7-3-12-19(13-8-16)15(20)14-4-9-17-10-5-14/h4-5,9-10H,2-3,6-8,11-13H2,1H3/t16-/m1/s1. The summed E-state index contributed by atoms with van der Waals surface area (Å²) in [7, 11) is 2.24. The first-order valence-corrected chi connectivity index (χ1v) is 7.62. The summed E-state index contributed by atoms with van der Waals surface area (Å²) in [4.78, 5) is 21.0. The van der Waals surface area contributed by atoms with Crippen molar-refractivity contribution in [3.63, 3.8) is 0 Å². The number of rotatable bonds is 1. The zero-order valence-corrected chi connectivity index (χ0v) is 12.2. The molecule has 0 saturated carbocycles. The lowest BCUT2D eigenvalue weighted by atomic mass is 9.88. The monoisotopic (exact) mass is 273 g/mol. The number of aromatic nitrogens is 1. The van der Waals surface area contributed by atoms with Gasteiger partial charge in [0.05, 0.1) is 0 Å². The molecular weight excluding hydrogens is 250 g/mol. The molecule has 108 valence electrons. The van der Waals surface area contributed by atoms with Crippen molar-refractivity contribution in [2.24, 2.45) is 0 Å². The summed E-state index contributed by atoms with van der Waals surface area (Å²) in [5.41, 5.74) is 1.11. The van der Waals surface area contributed by atoms with Crippen molar-refractivity contribution in [1.82, 2.24) is 14.8 Å². The third-order valence-electron chi connectivity index (χ3n) is 5.08. The summed E-state index contributed by atoms with van der Waals surface area (Å²) in [6.07, 6.45) is 9.43. The highest BCUT2D eigenvalue weighted by Crippen LogP contribution is 2.37. The number of likely N-dealkylation sites (tertiary alicyclic amines) is 2. The largest absolute Gasteiger partial charge is 0.339 e. The van der Waals surface area contributed by atoms with Crippen molar-refractivity contribution in [2.75, 3.05) is 26.7 Å². The molecular formula is C16H23N3O. The van der Waals surface area contributed by atoms with Gasteiger partial charge in [0.25, 0.3) is 5.91 Å². The molecule has 2 aliphatic rings. The first kappa shape index (κ1) is 13.6. The second kappa shape index (κ2) is 5.52. The molecule has 2 fully saturated rings. The Kier molecular flexibility index (Phi) is 3.74. The van der Waals surface area contributed by atoms with Gasteiger partial charge in [0.15, 0.2) is 0 Å². The van der Waals surface area contributed by atoms with Crippen molar-refractivity contribution in [3.8, 4) is 0 Å². The molecule has 3 heterocycles. The van der Waals surface area contributed by atoms with E-state index in [2.05, 4.69) is 16.9 Å². The summed E-state index contributed by atoms with van der Waals surface area (Å²) < 4.78 is 0. The normalized spacial score (nSPS) is 27.8. The van der Waals surface area contributed by atoms with Gasteiger partial charge in [0.1, 0.15) is 0 Å². The minimum absolute atomic E-state index is 0.158. The van der Waals surface area contributed by atoms with Gasteiger partial charge < -0.3 is 9.80 Å². The van der Waals surface area contributed by atoms with Crippen LogP contribution < -0.4 is 0 Å². The molecule has 1 atom stereocenters. The van der Waals surface area contributed by atoms with Crippen LogP contribution in [0.2, 0.25) is 0 Å². The Morgan fingerprint density at radius 1 is 1.10 bits per heavy atom. The van der Waals surface area contributed by atoms with Crippen LogP contribution in [-0.4, -0.2) is 52.9 Å². The van der Waals surface area contributed by atoms with Gasteiger partial charge in [-0.15, -0.1) is 0 Å². The lowest BCUT2D eigenvalue weighted by molar-refractivity contribution is 0.0749. The van der Waals surface area contributed by atoms with Crippen LogP contribution in [0.25, 0.3) is 0 Å². The smallest absolute Gasteiger partial charge is 0.253 e. The number of pyridine rings is 1. The molecule has 0 bridgehead atoms. The van der Waals surface area contributed by atoms with Crippen LogP contribution in [0.4, 0.5) is 0 Å². The van der Waals surface area contributed by atoms with Crippen molar-refractivity contribution < 1.29 is 4.79 Å². The molecule has 0 N–H and O–H groups in total. The molecule has 1 aromatic rings. The van der Waals surface area contributed by atoms with E-state index in [0.29, 0.717) is 5.54 Å². The summed E-state index contributed by atoms with van der Waals surface area (Å²) in [5.74, 6) is 0.158. The van der Waals surface area contributed by atoms with Crippen LogP contribution in [0, 0.1) is 0 Å². The van der Waals surface area contributed by atoms with E-state index in [1.54, 1.807) is 12.4 Å². The van der Waals surface area contributed by atoms with Crippen LogP contribution in [0.5, 0.6) is 0 Å². The molecule has 0 aliphatic carbocycles. The number of carbonyl (C=O) groups excluding carboxylic acids is 1. The Hall–Kier alpha value is -1.42. The molecule has 1 spiro atoms. The maximum Gasteiger partial charge on any atom is 0.253 e. The van der Waals surface area contributed by atoms with E-state index in [1.807, 2.05) is 17.0 Å². The van der Waals surface area contributed by atoms with E-state index >= 15 is 0 Å². The number of nitrogens with zero attached hydrogens (tertiary/aromatic N) is 3. The molecule has 1 amide bonds. The van der Waals surface area contributed by atoms with Crippen LogP contribution in [0.15, 0.2) is 24.5 Å². The van der Waals surface area contributed by atoms with Crippen LogP contribution in [0.1, 0.15) is 42.5 Å². The molecule has 2 aliphatic heterocycles. The van der Waals surface area contributed by atoms with Crippen LogP contribution >= 0.6 is 0 Å². The number of carbonyl (C=O) groups is 1. The second-order valence-corrected chi connectivity index (χ2v) is 6.13. The number of hydrogen-bond donors (Lipinski definition) is 0. The van der Waals surface area contributed by atoms with E-state index < -0.39 is 0 Å². The third kappa shape index (κ3) is 2.44. The highest BCUT2D eigenvalue weighted by Gasteiger charge is 2.40. The van der Waals surface area contributed by atoms with Crippen molar-refractivity contribution in [2.45, 2.75) is 37.6 Å². The highest BCUT2D eigenvalue weighted by atomic mass is 16.2. The Bertz CT molecular complexity index is 476. The number of hydrogen-bond acceptors (Lipinski definition) is 3. The van der Waals surface area contributed by atoms with Crippen LogP contribution in [-0.2, 0) is 0 Å². The van der Waals surface area contributed by atoms with Gasteiger partial charge in [-0.25, -0.2) is 0 Å². The minimum atomic E-state index is 0.158. The fourth-order valence-electron chi connectivity index (χ4n) is 3.76. The molecule has 4 nitrogen and oxygen atoms in total. The fraction of sp³-hybridized carbons (Fsp3) is 0.625. The van der Waals surface area contributed by atoms with E-state index in [9.17, 15) is 4.79 Å². The van der Waals surface area contributed by atoms with Gasteiger partial charge >= 0.3 is 0 Å². The maximum atomic E-state index is 12.5. The summed E-state index contributed by atoms with van der Waals surface area (Å²) in [5, 5.41) is 0. The molecule has 3 rings (SSSR count). The van der Waals surface area contributed by atoms with Gasteiger partial charge in [0.2, 0.25) is 0 Å². The third-order valence-corrected chi connectivity index (χ3v) is 5.08. The van der Waals surface area contributed by atoms with Crippen molar-refractivity contribution >= 4 is 5.91 Å². The maximum absolute atomic E-state index is 12.5. The topological polar surface area (TPSA) is 36.4 Å². The van der Waals surface area contributed by atoms with Gasteiger partial charge in [-0.1, -0.05) is 0 Å². The van der Waals surface area contributed by atoms with Gasteiger partial charge in [-0.3, -0.25) is 9.78 Å². The Labute approximate surface area is 120 Å². The Morgan fingerprint density at radius 2 is 1.80 bits per heavy atom. The zero-order valence-electron chi connectivity index (χ0n) is 12.2. The second-order valence-electron chi connectivity index (χ2n) is 6.13. The molecule has 4 heteroatoms. The van der Waals surface area contributed by atoms with E-state index in [1.165, 1.54) is 25.8 Å². The fourth-order valence-corrected chi connectivity index (χ4v) is 3.76. The van der Waals surface area contributed by atoms with Gasteiger partial charge in [-0.2, -0.15) is 0 Å². The Balaban J connectivity index is 1.70. The summed E-state index contributed by atoms with van der Waals surface area (Å²) in [6, 6.07) is 3.62. The van der Waals surface area contributed by atoms with E-state index in [-0.39, 0.29) is 5.91 Å². The zero-order chi connectivity index (χ0) is 14.0. The van der Waals surface area contributed by atoms with Gasteiger partial charge in [0, 0.05) is 36.6 Å². The molecule has 0 unspecified atom stereocenters. The summed E-state index contributed by atoms with van der Waals surface area (Å²) in [6.45, 7) is 2.97. The van der Waals surface area contributed by atoms with Gasteiger partial charge in [-0.05, 0) is 57.8 Å². The Morgan fingerprint density at radius 3 is 2.45 bits per heavy atom. The van der Waals surface area contributed by atoms with Crippen LogP contribution in [0.3, 0.4) is 0 Å². The molecule has 0 aromatic carbocycles. The average Bonchev–Trinajstić information content (AvgIpc) is 2.71. The highest BCUT2D eigenvalue weighted by molar-refractivity contribution is 5.94. The first-order chi connectivity index (χ1) is 9.71. The lowest BCUT2D eigenvalue weighted by Crippen LogP contribution is -2.42. The molecule has 2 saturated heterocycles. The van der Waals surface area contributed by atoms with Crippen molar-refractivity contribution in [1.29, 1.82) is 0 Å². The predicted octanol–water partition coefficient (Wildman–Crippen LogP) is 2.17. The predicted molar refractivity (Wildman–Crippen MR) is 78.6 cm³/mol. The SMILES string of the molecule is CN1CCC[C@]12CCCN(C(=O)c1ccncc1)CC2. The molecule has 1 aromatic heterocycles. The molecule has 20 heavy (non-hydrogen) atoms. The minimum Gasteiger partial charge on any atom is -0.339 e. The van der Waals surface area contributed by atoms with E-state index in [0.717, 1.165) is 31.5 Å². The van der Waals surface area contributed by atoms with Crippen molar-refractivity contribution in [3.05, 3.63) is 30.1 Å². The average molecular weight is 273 g/mol.